The van der Waals surface area contributed by atoms with Crippen molar-refractivity contribution in [2.75, 3.05) is 0 Å². The van der Waals surface area contributed by atoms with Crippen molar-refractivity contribution in [1.82, 2.24) is 10.6 Å². The van der Waals surface area contributed by atoms with E-state index in [-0.39, 0.29) is 17.0 Å². The maximum Gasteiger partial charge on any atom is 0.249 e. The molecule has 0 aromatic heterocycles. The highest BCUT2D eigenvalue weighted by Crippen LogP contribution is 2.29. The fourth-order valence-electron chi connectivity index (χ4n) is 2.68. The van der Waals surface area contributed by atoms with Gasteiger partial charge in [0.05, 0.1) is 0 Å². The molecular formula is C16H21ClN2O. The molecule has 0 fully saturated rings. The van der Waals surface area contributed by atoms with Gasteiger partial charge in [0.15, 0.2) is 0 Å². The third kappa shape index (κ3) is 3.41. The molecule has 1 aromatic carbocycles. The lowest BCUT2D eigenvalue weighted by molar-refractivity contribution is -0.118. The predicted octanol–water partition coefficient (Wildman–Crippen LogP) is 3.04. The number of halogens is 1. The molecule has 108 valence electrons. The van der Waals surface area contributed by atoms with Gasteiger partial charge in [0, 0.05) is 28.2 Å². The van der Waals surface area contributed by atoms with Crippen LogP contribution in [0.1, 0.15) is 33.3 Å². The van der Waals surface area contributed by atoms with E-state index in [0.29, 0.717) is 11.6 Å². The Balaban J connectivity index is 2.04. The topological polar surface area (TPSA) is 41.1 Å². The average Bonchev–Trinajstić information content (AvgIpc) is 2.56. The van der Waals surface area contributed by atoms with E-state index in [1.54, 1.807) is 0 Å². The summed E-state index contributed by atoms with van der Waals surface area (Å²) in [5.74, 6) is -0.0250. The quantitative estimate of drug-likeness (QED) is 0.899. The number of benzene rings is 1. The van der Waals surface area contributed by atoms with Gasteiger partial charge in [-0.15, -0.1) is 0 Å². The smallest absolute Gasteiger partial charge is 0.249 e. The molecule has 0 saturated carbocycles. The van der Waals surface area contributed by atoms with Crippen LogP contribution >= 0.6 is 11.6 Å². The number of carbonyl (C=O) groups is 1. The van der Waals surface area contributed by atoms with Gasteiger partial charge in [-0.1, -0.05) is 29.8 Å². The molecule has 0 spiro atoms. The van der Waals surface area contributed by atoms with Gasteiger partial charge in [-0.2, -0.15) is 0 Å². The average molecular weight is 293 g/mol. The molecular weight excluding hydrogens is 272 g/mol. The molecule has 1 aromatic rings. The van der Waals surface area contributed by atoms with Gasteiger partial charge in [-0.05, 0) is 45.4 Å². The fraction of sp³-hybridized carbons (Fsp3) is 0.438. The Bertz CT molecular complexity index is 544. The molecule has 4 heteroatoms. The zero-order valence-electron chi connectivity index (χ0n) is 12.4. The van der Waals surface area contributed by atoms with Crippen LogP contribution in [-0.2, 0) is 11.3 Å². The minimum Gasteiger partial charge on any atom is -0.348 e. The summed E-state index contributed by atoms with van der Waals surface area (Å²) in [6.07, 6.45) is 2.00. The van der Waals surface area contributed by atoms with Crippen LogP contribution < -0.4 is 10.6 Å². The van der Waals surface area contributed by atoms with E-state index in [1.165, 1.54) is 0 Å². The summed E-state index contributed by atoms with van der Waals surface area (Å²) in [7, 11) is 0. The first-order valence-electron chi connectivity index (χ1n) is 6.75. The molecule has 0 aliphatic carbocycles. The Labute approximate surface area is 125 Å². The Morgan fingerprint density at radius 3 is 2.30 bits per heavy atom. The van der Waals surface area contributed by atoms with E-state index in [2.05, 4.69) is 24.5 Å². The Hall–Kier alpha value is -1.32. The molecule has 0 bridgehead atoms. The van der Waals surface area contributed by atoms with Gasteiger partial charge >= 0.3 is 0 Å². The van der Waals surface area contributed by atoms with Crippen LogP contribution in [0, 0.1) is 0 Å². The van der Waals surface area contributed by atoms with Crippen LogP contribution in [0.15, 0.2) is 35.9 Å². The molecule has 3 nitrogen and oxygen atoms in total. The van der Waals surface area contributed by atoms with Gasteiger partial charge in [0.1, 0.15) is 0 Å². The SMILES string of the molecule is CC1(C)C=C(C(=O)NCc2ccc(Cl)cc2)C(C)(C)N1. The predicted molar refractivity (Wildman–Crippen MR) is 82.7 cm³/mol. The van der Waals surface area contributed by atoms with Crippen molar-refractivity contribution >= 4 is 17.5 Å². The standard InChI is InChI=1S/C16H21ClN2O/c1-15(2)9-13(16(3,4)19-15)14(20)18-10-11-5-7-12(17)8-6-11/h5-9,19H,10H2,1-4H3,(H,18,20). The number of hydrogen-bond donors (Lipinski definition) is 2. The van der Waals surface area contributed by atoms with Crippen LogP contribution in [0.2, 0.25) is 5.02 Å². The lowest BCUT2D eigenvalue weighted by atomic mass is 9.96. The van der Waals surface area contributed by atoms with Crippen LogP contribution in [-0.4, -0.2) is 17.0 Å². The van der Waals surface area contributed by atoms with Gasteiger partial charge in [0.2, 0.25) is 5.91 Å². The van der Waals surface area contributed by atoms with E-state index in [0.717, 1.165) is 11.1 Å². The van der Waals surface area contributed by atoms with Crippen LogP contribution in [0.3, 0.4) is 0 Å². The highest BCUT2D eigenvalue weighted by Gasteiger charge is 2.39. The summed E-state index contributed by atoms with van der Waals surface area (Å²) < 4.78 is 0. The second-order valence-corrected chi connectivity index (χ2v) is 6.78. The fourth-order valence-corrected chi connectivity index (χ4v) is 2.81. The first kappa shape index (κ1) is 15.1. The van der Waals surface area contributed by atoms with Crippen molar-refractivity contribution < 1.29 is 4.79 Å². The summed E-state index contributed by atoms with van der Waals surface area (Å²) in [4.78, 5) is 12.3. The maximum absolute atomic E-state index is 12.3. The minimum atomic E-state index is -0.312. The zero-order valence-corrected chi connectivity index (χ0v) is 13.1. The Morgan fingerprint density at radius 1 is 1.20 bits per heavy atom. The summed E-state index contributed by atoms with van der Waals surface area (Å²) in [6.45, 7) is 8.68. The molecule has 2 N–H and O–H groups in total. The van der Waals surface area contributed by atoms with E-state index in [9.17, 15) is 4.79 Å². The molecule has 0 saturated heterocycles. The summed E-state index contributed by atoms with van der Waals surface area (Å²) >= 11 is 5.84. The Morgan fingerprint density at radius 2 is 1.80 bits per heavy atom. The minimum absolute atomic E-state index is 0.0250. The second-order valence-electron chi connectivity index (χ2n) is 6.34. The molecule has 1 heterocycles. The second kappa shape index (κ2) is 5.23. The lowest BCUT2D eigenvalue weighted by Gasteiger charge is -2.27. The molecule has 0 atom stereocenters. The molecule has 1 aliphatic rings. The van der Waals surface area contributed by atoms with Crippen molar-refractivity contribution in [3.05, 3.63) is 46.5 Å². The van der Waals surface area contributed by atoms with Crippen LogP contribution in [0.25, 0.3) is 0 Å². The number of hydrogen-bond acceptors (Lipinski definition) is 2. The first-order valence-corrected chi connectivity index (χ1v) is 7.13. The van der Waals surface area contributed by atoms with E-state index in [4.69, 9.17) is 11.6 Å². The van der Waals surface area contributed by atoms with Crippen molar-refractivity contribution in [1.29, 1.82) is 0 Å². The van der Waals surface area contributed by atoms with Crippen LogP contribution in [0.4, 0.5) is 0 Å². The number of rotatable bonds is 3. The van der Waals surface area contributed by atoms with E-state index < -0.39 is 0 Å². The molecule has 2 rings (SSSR count). The van der Waals surface area contributed by atoms with Crippen molar-refractivity contribution in [3.63, 3.8) is 0 Å². The molecule has 20 heavy (non-hydrogen) atoms. The number of nitrogens with one attached hydrogen (secondary N) is 2. The largest absolute Gasteiger partial charge is 0.348 e. The van der Waals surface area contributed by atoms with Crippen molar-refractivity contribution in [2.24, 2.45) is 0 Å². The van der Waals surface area contributed by atoms with Crippen molar-refractivity contribution in [2.45, 2.75) is 45.3 Å². The zero-order chi connectivity index (χ0) is 15.0. The molecule has 1 amide bonds. The molecule has 0 unspecified atom stereocenters. The van der Waals surface area contributed by atoms with Gasteiger partial charge < -0.3 is 5.32 Å². The maximum atomic E-state index is 12.3. The highest BCUT2D eigenvalue weighted by molar-refractivity contribution is 6.30. The van der Waals surface area contributed by atoms with Crippen LogP contribution in [0.5, 0.6) is 0 Å². The third-order valence-electron chi connectivity index (χ3n) is 3.42. The van der Waals surface area contributed by atoms with Gasteiger partial charge in [-0.3, -0.25) is 10.1 Å². The lowest BCUT2D eigenvalue weighted by Crippen LogP contribution is -2.47. The first-order chi connectivity index (χ1) is 9.20. The normalized spacial score (nSPS) is 19.6. The summed E-state index contributed by atoms with van der Waals surface area (Å²) in [6, 6.07) is 7.48. The summed E-state index contributed by atoms with van der Waals surface area (Å²) in [5.41, 5.74) is 1.35. The number of carbonyl (C=O) groups excluding carboxylic acids is 1. The monoisotopic (exact) mass is 292 g/mol. The van der Waals surface area contributed by atoms with Crippen molar-refractivity contribution in [3.8, 4) is 0 Å². The van der Waals surface area contributed by atoms with E-state index >= 15 is 0 Å². The molecule has 0 radical (unpaired) electrons. The van der Waals surface area contributed by atoms with E-state index in [1.807, 2.05) is 44.2 Å². The van der Waals surface area contributed by atoms with Gasteiger partial charge in [-0.25, -0.2) is 0 Å². The molecule has 1 aliphatic heterocycles. The Kier molecular flexibility index (Phi) is 3.94. The summed E-state index contributed by atoms with van der Waals surface area (Å²) in [5, 5.41) is 7.10. The van der Waals surface area contributed by atoms with Gasteiger partial charge in [0.25, 0.3) is 0 Å². The number of amides is 1. The highest BCUT2D eigenvalue weighted by atomic mass is 35.5. The third-order valence-corrected chi connectivity index (χ3v) is 3.68.